The molecule has 0 aromatic rings. The first-order valence-electron chi connectivity index (χ1n) is 6.81. The van der Waals surface area contributed by atoms with E-state index in [9.17, 15) is 0 Å². The van der Waals surface area contributed by atoms with E-state index in [-0.39, 0.29) is 12.2 Å². The minimum atomic E-state index is -0.723. The van der Waals surface area contributed by atoms with Crippen molar-refractivity contribution in [1.29, 1.82) is 0 Å². The number of fused-ring (bicyclic) bond motifs is 1. The third-order valence-corrected chi connectivity index (χ3v) is 4.25. The van der Waals surface area contributed by atoms with E-state index in [2.05, 4.69) is 23.1 Å². The van der Waals surface area contributed by atoms with Crippen LogP contribution in [0.3, 0.4) is 0 Å². The van der Waals surface area contributed by atoms with Crippen LogP contribution in [0.1, 0.15) is 20.3 Å². The van der Waals surface area contributed by atoms with E-state index in [1.165, 1.54) is 5.70 Å². The summed E-state index contributed by atoms with van der Waals surface area (Å²) in [6.45, 7) is 6.48. The lowest BCUT2D eigenvalue weighted by Gasteiger charge is -2.27. The first kappa shape index (κ1) is 15.2. The van der Waals surface area contributed by atoms with Gasteiger partial charge >= 0.3 is 0 Å². The predicted molar refractivity (Wildman–Crippen MR) is 78.4 cm³/mol. The van der Waals surface area contributed by atoms with Crippen LogP contribution in [0.2, 0.25) is 0 Å². The number of hydrogen-bond acceptors (Lipinski definition) is 3. The third-order valence-electron chi connectivity index (χ3n) is 3.48. The lowest BCUT2D eigenvalue weighted by Crippen LogP contribution is -2.34. The van der Waals surface area contributed by atoms with Gasteiger partial charge in [0.25, 0.3) is 0 Å². The van der Waals surface area contributed by atoms with E-state index < -0.39 is 4.33 Å². The molecule has 1 fully saturated rings. The molecule has 0 aromatic heterocycles. The molecule has 1 aliphatic carbocycles. The van der Waals surface area contributed by atoms with Crippen molar-refractivity contribution in [2.45, 2.75) is 30.9 Å². The highest BCUT2D eigenvalue weighted by atomic mass is 35.5. The second-order valence-electron chi connectivity index (χ2n) is 4.79. The first-order valence-corrected chi connectivity index (χ1v) is 7.56. The van der Waals surface area contributed by atoms with Gasteiger partial charge in [0.05, 0.1) is 13.1 Å². The molecule has 0 N–H and O–H groups in total. The van der Waals surface area contributed by atoms with E-state index in [1.54, 1.807) is 0 Å². The van der Waals surface area contributed by atoms with Crippen LogP contribution < -0.4 is 0 Å². The number of allylic oxidation sites excluding steroid dienone is 4. The molecule has 0 radical (unpaired) electrons. The maximum atomic E-state index is 6.44. The van der Waals surface area contributed by atoms with Gasteiger partial charge in [0.2, 0.25) is 0 Å². The third kappa shape index (κ3) is 3.46. The fourth-order valence-electron chi connectivity index (χ4n) is 2.66. The molecule has 19 heavy (non-hydrogen) atoms. The summed E-state index contributed by atoms with van der Waals surface area (Å²) >= 11 is 12.9. The largest absolute Gasteiger partial charge is 0.366 e. The average molecular weight is 306 g/mol. The van der Waals surface area contributed by atoms with Crippen LogP contribution in [0.4, 0.5) is 0 Å². The Kier molecular flexibility index (Phi) is 5.18. The molecular weight excluding hydrogens is 285 g/mol. The van der Waals surface area contributed by atoms with Gasteiger partial charge in [0.15, 0.2) is 6.29 Å². The van der Waals surface area contributed by atoms with Crippen molar-refractivity contribution in [2.75, 3.05) is 26.3 Å². The Bertz CT molecular complexity index is 362. The molecule has 3 nitrogen and oxygen atoms in total. The van der Waals surface area contributed by atoms with Crippen LogP contribution in [0.5, 0.6) is 0 Å². The molecule has 1 heterocycles. The average Bonchev–Trinajstić information content (AvgIpc) is 2.63. The normalized spacial score (nSPS) is 24.8. The van der Waals surface area contributed by atoms with E-state index in [4.69, 9.17) is 32.7 Å². The maximum absolute atomic E-state index is 6.44. The van der Waals surface area contributed by atoms with Gasteiger partial charge in [-0.05, 0) is 26.3 Å². The van der Waals surface area contributed by atoms with Gasteiger partial charge in [-0.15, -0.1) is 0 Å². The minimum absolute atomic E-state index is 0.171. The topological polar surface area (TPSA) is 21.7 Å². The number of ether oxygens (including phenoxy) is 2. The summed E-state index contributed by atoms with van der Waals surface area (Å²) in [5.74, 6) is 0.171. The zero-order valence-electron chi connectivity index (χ0n) is 11.4. The first-order chi connectivity index (χ1) is 9.08. The molecule has 1 unspecified atom stereocenters. The molecule has 0 amide bonds. The number of halogens is 2. The lowest BCUT2D eigenvalue weighted by atomic mass is 9.96. The summed E-state index contributed by atoms with van der Waals surface area (Å²) in [7, 11) is 0. The van der Waals surface area contributed by atoms with Crippen molar-refractivity contribution >= 4 is 23.2 Å². The van der Waals surface area contributed by atoms with E-state index >= 15 is 0 Å². The number of likely N-dealkylation sites (tertiary alicyclic amines) is 1. The quantitative estimate of drug-likeness (QED) is 0.555. The summed E-state index contributed by atoms with van der Waals surface area (Å²) in [4.78, 5) is 2.18. The Morgan fingerprint density at radius 2 is 2.05 bits per heavy atom. The summed E-state index contributed by atoms with van der Waals surface area (Å²) < 4.78 is 10.5. The van der Waals surface area contributed by atoms with Gasteiger partial charge in [-0.3, -0.25) is 0 Å². The van der Waals surface area contributed by atoms with Crippen molar-refractivity contribution in [3.8, 4) is 0 Å². The van der Waals surface area contributed by atoms with E-state index in [0.29, 0.717) is 26.3 Å². The summed E-state index contributed by atoms with van der Waals surface area (Å²) in [6, 6.07) is 0. The highest BCUT2D eigenvalue weighted by Crippen LogP contribution is 2.47. The smallest absolute Gasteiger partial charge is 0.174 e. The van der Waals surface area contributed by atoms with Gasteiger partial charge < -0.3 is 14.4 Å². The molecule has 2 rings (SSSR count). The van der Waals surface area contributed by atoms with Crippen LogP contribution >= 0.6 is 23.2 Å². The number of nitrogens with zero attached hydrogens (tertiary/aromatic N) is 1. The zero-order chi connectivity index (χ0) is 13.9. The Morgan fingerprint density at radius 3 is 2.68 bits per heavy atom. The van der Waals surface area contributed by atoms with E-state index in [1.807, 2.05) is 13.8 Å². The highest BCUT2D eigenvalue weighted by Gasteiger charge is 2.47. The van der Waals surface area contributed by atoms with Gasteiger partial charge in [-0.1, -0.05) is 35.4 Å². The van der Waals surface area contributed by atoms with Gasteiger partial charge in [-0.25, -0.2) is 0 Å². The Morgan fingerprint density at radius 1 is 1.37 bits per heavy atom. The van der Waals surface area contributed by atoms with Crippen molar-refractivity contribution in [3.05, 3.63) is 23.9 Å². The number of rotatable bonds is 6. The molecule has 0 saturated carbocycles. The standard InChI is InChI=1S/C14H21Cl2NO2/c1-3-18-13(19-4-2)9-17-10-14(15,16)11-7-5-6-8-12(11)17/h5-6,8,11,13H,3-4,7,9-10H2,1-2H3. The van der Waals surface area contributed by atoms with Crippen LogP contribution in [0.15, 0.2) is 23.9 Å². The van der Waals surface area contributed by atoms with E-state index in [0.717, 1.165) is 6.42 Å². The van der Waals surface area contributed by atoms with Crippen molar-refractivity contribution in [1.82, 2.24) is 4.90 Å². The van der Waals surface area contributed by atoms with Crippen LogP contribution in [-0.2, 0) is 9.47 Å². The molecule has 0 bridgehead atoms. The minimum Gasteiger partial charge on any atom is -0.366 e. The zero-order valence-corrected chi connectivity index (χ0v) is 13.0. The SMILES string of the molecule is CCOC(CN1CC(Cl)(Cl)C2CC=CC=C21)OCC. The number of hydrogen-bond donors (Lipinski definition) is 0. The van der Waals surface area contributed by atoms with Gasteiger partial charge in [0.1, 0.15) is 4.33 Å². The van der Waals surface area contributed by atoms with Crippen molar-refractivity contribution < 1.29 is 9.47 Å². The Labute approximate surface area is 125 Å². The lowest BCUT2D eigenvalue weighted by molar-refractivity contribution is -0.143. The molecule has 108 valence electrons. The van der Waals surface area contributed by atoms with Crippen LogP contribution in [0, 0.1) is 5.92 Å². The molecule has 0 spiro atoms. The Balaban J connectivity index is 2.07. The molecular formula is C14H21Cl2NO2. The van der Waals surface area contributed by atoms with Crippen molar-refractivity contribution in [2.24, 2.45) is 5.92 Å². The second-order valence-corrected chi connectivity index (χ2v) is 6.33. The summed E-state index contributed by atoms with van der Waals surface area (Å²) in [6.07, 6.45) is 6.92. The monoisotopic (exact) mass is 305 g/mol. The molecule has 1 atom stereocenters. The molecule has 5 heteroatoms. The van der Waals surface area contributed by atoms with Crippen LogP contribution in [-0.4, -0.2) is 41.8 Å². The predicted octanol–water partition coefficient (Wildman–Crippen LogP) is 3.34. The molecule has 1 saturated heterocycles. The van der Waals surface area contributed by atoms with Gasteiger partial charge in [-0.2, -0.15) is 0 Å². The van der Waals surface area contributed by atoms with Gasteiger partial charge in [0, 0.05) is 24.8 Å². The fourth-order valence-corrected chi connectivity index (χ4v) is 3.35. The summed E-state index contributed by atoms with van der Waals surface area (Å²) in [5, 5.41) is 0. The number of alkyl halides is 2. The fraction of sp³-hybridized carbons (Fsp3) is 0.714. The van der Waals surface area contributed by atoms with Crippen molar-refractivity contribution in [3.63, 3.8) is 0 Å². The molecule has 1 aliphatic heterocycles. The second kappa shape index (κ2) is 6.49. The Hall–Kier alpha value is -0.220. The molecule has 0 aromatic carbocycles. The van der Waals surface area contributed by atoms with Crippen LogP contribution in [0.25, 0.3) is 0 Å². The summed E-state index contributed by atoms with van der Waals surface area (Å²) in [5.41, 5.74) is 1.19. The molecule has 2 aliphatic rings. The maximum Gasteiger partial charge on any atom is 0.174 e. The highest BCUT2D eigenvalue weighted by molar-refractivity contribution is 6.49.